The summed E-state index contributed by atoms with van der Waals surface area (Å²) in [6.45, 7) is 3.41. The summed E-state index contributed by atoms with van der Waals surface area (Å²) in [4.78, 5) is 31.7. The van der Waals surface area contributed by atoms with Crippen molar-refractivity contribution in [3.8, 4) is 0 Å². The van der Waals surface area contributed by atoms with Gasteiger partial charge in [-0.15, -0.1) is 11.3 Å². The Labute approximate surface area is 140 Å². The molecule has 2 aromatic heterocycles. The summed E-state index contributed by atoms with van der Waals surface area (Å²) in [6.07, 6.45) is 0.144. The number of hydrogen-bond donors (Lipinski definition) is 2. The number of aromatic nitrogens is 2. The van der Waals surface area contributed by atoms with Crippen LogP contribution in [-0.2, 0) is 16.0 Å². The standard InChI is InChI=1S/C15H14N4O2S2/c1-8-4-3-5-11-13(8)19-15(23-11)18-12(21)6-10-7-22-14(17-10)16-9(2)20/h3-5,7H,6H2,1-2H3,(H,16,17,20)(H,18,19,21). The van der Waals surface area contributed by atoms with Gasteiger partial charge in [-0.2, -0.15) is 0 Å². The third-order valence-electron chi connectivity index (χ3n) is 3.04. The number of hydrogen-bond acceptors (Lipinski definition) is 6. The van der Waals surface area contributed by atoms with E-state index < -0.39 is 0 Å². The molecule has 0 unspecified atom stereocenters. The van der Waals surface area contributed by atoms with E-state index in [9.17, 15) is 9.59 Å². The molecular formula is C15H14N4O2S2. The molecule has 3 aromatic rings. The van der Waals surface area contributed by atoms with Crippen LogP contribution >= 0.6 is 22.7 Å². The van der Waals surface area contributed by atoms with Crippen LogP contribution < -0.4 is 10.6 Å². The Morgan fingerprint density at radius 2 is 2.00 bits per heavy atom. The molecule has 0 atom stereocenters. The maximum absolute atomic E-state index is 12.1. The molecule has 0 saturated heterocycles. The maximum atomic E-state index is 12.1. The van der Waals surface area contributed by atoms with Gasteiger partial charge in [-0.3, -0.25) is 9.59 Å². The molecule has 2 heterocycles. The normalized spacial score (nSPS) is 10.7. The Kier molecular flexibility index (Phi) is 4.35. The molecule has 6 nitrogen and oxygen atoms in total. The van der Waals surface area contributed by atoms with Crippen molar-refractivity contribution in [1.29, 1.82) is 0 Å². The highest BCUT2D eigenvalue weighted by Gasteiger charge is 2.12. The van der Waals surface area contributed by atoms with Gasteiger partial charge in [0.15, 0.2) is 10.3 Å². The fourth-order valence-electron chi connectivity index (χ4n) is 2.06. The summed E-state index contributed by atoms with van der Waals surface area (Å²) < 4.78 is 1.04. The van der Waals surface area contributed by atoms with Gasteiger partial charge in [0.05, 0.1) is 22.3 Å². The average Bonchev–Trinajstić information content (AvgIpc) is 3.05. The fourth-order valence-corrected chi connectivity index (χ4v) is 3.78. The first-order valence-electron chi connectivity index (χ1n) is 6.89. The predicted molar refractivity (Wildman–Crippen MR) is 93.1 cm³/mol. The molecule has 0 aliphatic heterocycles. The molecule has 0 aliphatic rings. The molecule has 23 heavy (non-hydrogen) atoms. The zero-order valence-corrected chi connectivity index (χ0v) is 14.2. The first-order chi connectivity index (χ1) is 11.0. The van der Waals surface area contributed by atoms with Gasteiger partial charge in [0.25, 0.3) is 0 Å². The smallest absolute Gasteiger partial charge is 0.232 e. The Balaban J connectivity index is 1.67. The van der Waals surface area contributed by atoms with Gasteiger partial charge >= 0.3 is 0 Å². The molecule has 3 rings (SSSR count). The molecule has 118 valence electrons. The Bertz CT molecular complexity index is 885. The molecule has 0 spiro atoms. The molecule has 0 aliphatic carbocycles. The number of nitrogens with zero attached hydrogens (tertiary/aromatic N) is 2. The van der Waals surface area contributed by atoms with Crippen LogP contribution in [0.1, 0.15) is 18.2 Å². The summed E-state index contributed by atoms with van der Waals surface area (Å²) in [5.74, 6) is -0.360. The summed E-state index contributed by atoms with van der Waals surface area (Å²) in [6, 6.07) is 5.95. The van der Waals surface area contributed by atoms with E-state index in [-0.39, 0.29) is 18.2 Å². The van der Waals surface area contributed by atoms with Crippen molar-refractivity contribution in [2.45, 2.75) is 20.3 Å². The van der Waals surface area contributed by atoms with Crippen molar-refractivity contribution in [3.05, 3.63) is 34.8 Å². The van der Waals surface area contributed by atoms with E-state index in [1.54, 1.807) is 5.38 Å². The summed E-state index contributed by atoms with van der Waals surface area (Å²) in [5, 5.41) is 8.24. The van der Waals surface area contributed by atoms with Gasteiger partial charge in [-0.1, -0.05) is 23.5 Å². The minimum atomic E-state index is -0.180. The first kappa shape index (κ1) is 15.6. The zero-order chi connectivity index (χ0) is 16.4. The summed E-state index contributed by atoms with van der Waals surface area (Å²) >= 11 is 2.74. The van der Waals surface area contributed by atoms with Crippen LogP contribution in [0, 0.1) is 6.92 Å². The molecule has 0 radical (unpaired) electrons. The van der Waals surface area contributed by atoms with E-state index in [2.05, 4.69) is 20.6 Å². The van der Waals surface area contributed by atoms with E-state index in [4.69, 9.17) is 0 Å². The number of fused-ring (bicyclic) bond motifs is 1. The molecule has 0 bridgehead atoms. The molecule has 8 heteroatoms. The lowest BCUT2D eigenvalue weighted by atomic mass is 10.2. The monoisotopic (exact) mass is 346 g/mol. The summed E-state index contributed by atoms with van der Waals surface area (Å²) in [5.41, 5.74) is 2.61. The lowest BCUT2D eigenvalue weighted by Crippen LogP contribution is -2.14. The van der Waals surface area contributed by atoms with Crippen LogP contribution in [0.4, 0.5) is 10.3 Å². The van der Waals surface area contributed by atoms with Gasteiger partial charge in [-0.25, -0.2) is 9.97 Å². The average molecular weight is 346 g/mol. The number of carbonyl (C=O) groups excluding carboxylic acids is 2. The van der Waals surface area contributed by atoms with E-state index in [0.717, 1.165) is 15.8 Å². The van der Waals surface area contributed by atoms with E-state index in [1.165, 1.54) is 29.6 Å². The maximum Gasteiger partial charge on any atom is 0.232 e. The predicted octanol–water partition coefficient (Wildman–Crippen LogP) is 3.20. The highest BCUT2D eigenvalue weighted by atomic mass is 32.1. The number of rotatable bonds is 4. The van der Waals surface area contributed by atoms with Crippen molar-refractivity contribution < 1.29 is 9.59 Å². The van der Waals surface area contributed by atoms with Crippen molar-refractivity contribution in [2.24, 2.45) is 0 Å². The quantitative estimate of drug-likeness (QED) is 0.760. The van der Waals surface area contributed by atoms with E-state index in [0.29, 0.717) is 16.0 Å². The number of benzene rings is 1. The van der Waals surface area contributed by atoms with Gasteiger partial charge in [0, 0.05) is 12.3 Å². The summed E-state index contributed by atoms with van der Waals surface area (Å²) in [7, 11) is 0. The molecular weight excluding hydrogens is 332 g/mol. The third kappa shape index (κ3) is 3.72. The van der Waals surface area contributed by atoms with Crippen LogP contribution in [0.3, 0.4) is 0 Å². The lowest BCUT2D eigenvalue weighted by molar-refractivity contribution is -0.116. The number of amides is 2. The van der Waals surface area contributed by atoms with Crippen LogP contribution in [-0.4, -0.2) is 21.8 Å². The van der Waals surface area contributed by atoms with Crippen molar-refractivity contribution in [2.75, 3.05) is 10.6 Å². The largest absolute Gasteiger partial charge is 0.302 e. The second-order valence-corrected chi connectivity index (χ2v) is 6.88. The number of nitrogens with one attached hydrogen (secondary N) is 2. The minimum absolute atomic E-state index is 0.144. The van der Waals surface area contributed by atoms with Crippen molar-refractivity contribution >= 4 is 55.0 Å². The van der Waals surface area contributed by atoms with E-state index >= 15 is 0 Å². The highest BCUT2D eigenvalue weighted by molar-refractivity contribution is 7.22. The third-order valence-corrected chi connectivity index (χ3v) is 4.79. The molecule has 1 aromatic carbocycles. The highest BCUT2D eigenvalue weighted by Crippen LogP contribution is 2.28. The van der Waals surface area contributed by atoms with E-state index in [1.807, 2.05) is 25.1 Å². The second kappa shape index (κ2) is 6.43. The van der Waals surface area contributed by atoms with Crippen LogP contribution in [0.2, 0.25) is 0 Å². The Morgan fingerprint density at radius 3 is 2.74 bits per heavy atom. The minimum Gasteiger partial charge on any atom is -0.302 e. The number of para-hydroxylation sites is 1. The number of thiazole rings is 2. The zero-order valence-electron chi connectivity index (χ0n) is 12.5. The van der Waals surface area contributed by atoms with Gasteiger partial charge in [-0.05, 0) is 18.6 Å². The molecule has 0 fully saturated rings. The topological polar surface area (TPSA) is 84.0 Å². The Hall–Kier alpha value is -2.32. The SMILES string of the molecule is CC(=O)Nc1nc(CC(=O)Nc2nc3c(C)cccc3s2)cs1. The molecule has 0 saturated carbocycles. The van der Waals surface area contributed by atoms with Gasteiger partial charge in [0.2, 0.25) is 11.8 Å². The van der Waals surface area contributed by atoms with Crippen molar-refractivity contribution in [3.63, 3.8) is 0 Å². The van der Waals surface area contributed by atoms with Crippen LogP contribution in [0.15, 0.2) is 23.6 Å². The number of anilines is 2. The fraction of sp³-hybridized carbons (Fsp3) is 0.200. The second-order valence-electron chi connectivity index (χ2n) is 4.99. The van der Waals surface area contributed by atoms with Crippen LogP contribution in [0.25, 0.3) is 10.2 Å². The lowest BCUT2D eigenvalue weighted by Gasteiger charge is -1.99. The van der Waals surface area contributed by atoms with Crippen molar-refractivity contribution in [1.82, 2.24) is 9.97 Å². The Morgan fingerprint density at radius 1 is 1.17 bits per heavy atom. The molecule has 2 amide bonds. The molecule has 2 N–H and O–H groups in total. The number of carbonyl (C=O) groups is 2. The van der Waals surface area contributed by atoms with Gasteiger partial charge in [0.1, 0.15) is 0 Å². The number of aryl methyl sites for hydroxylation is 1. The van der Waals surface area contributed by atoms with Gasteiger partial charge < -0.3 is 10.6 Å². The van der Waals surface area contributed by atoms with Crippen LogP contribution in [0.5, 0.6) is 0 Å². The first-order valence-corrected chi connectivity index (χ1v) is 8.59.